The van der Waals surface area contributed by atoms with E-state index in [1.165, 1.54) is 11.1 Å². The normalized spacial score (nSPS) is 18.2. The Morgan fingerprint density at radius 2 is 2.12 bits per heavy atom. The molecule has 0 aliphatic carbocycles. The molecular weight excluding hydrogens is 358 g/mol. The molecule has 0 fully saturated rings. The summed E-state index contributed by atoms with van der Waals surface area (Å²) in [6.45, 7) is 10.6. The molecule has 2 rings (SSSR count). The van der Waals surface area contributed by atoms with Crippen LogP contribution in [-0.2, 0) is 0 Å². The Kier molecular flexibility index (Phi) is 6.99. The number of halogens is 1. The molecule has 1 aromatic rings. The first-order valence-electron chi connectivity index (χ1n) is 8.55. The lowest BCUT2D eigenvalue weighted by molar-refractivity contribution is 0.510. The molecule has 2 unspecified atom stereocenters. The van der Waals surface area contributed by atoms with Crippen molar-refractivity contribution in [3.63, 3.8) is 0 Å². The number of rotatable bonds is 7. The minimum absolute atomic E-state index is 0.430. The molecule has 0 radical (unpaired) electrons. The van der Waals surface area contributed by atoms with Crippen LogP contribution in [0.25, 0.3) is 0 Å². The van der Waals surface area contributed by atoms with Crippen LogP contribution in [0.15, 0.2) is 81.5 Å². The second-order valence-electron chi connectivity index (χ2n) is 6.45. The largest absolute Gasteiger partial charge is 0.257 e. The molecule has 1 aliphatic rings. The van der Waals surface area contributed by atoms with E-state index in [4.69, 9.17) is 0 Å². The van der Waals surface area contributed by atoms with Crippen molar-refractivity contribution in [1.82, 2.24) is 0 Å². The summed E-state index contributed by atoms with van der Waals surface area (Å²) in [5.41, 5.74) is 4.82. The minimum atomic E-state index is 0.430. The second-order valence-corrected chi connectivity index (χ2v) is 7.37. The summed E-state index contributed by atoms with van der Waals surface area (Å²) in [6, 6.07) is 8.68. The van der Waals surface area contributed by atoms with E-state index in [9.17, 15) is 0 Å². The topological polar surface area (TPSA) is 12.4 Å². The molecule has 0 saturated heterocycles. The molecule has 1 heterocycles. The molecule has 2 atom stereocenters. The predicted octanol–water partition coefficient (Wildman–Crippen LogP) is 7.00. The summed E-state index contributed by atoms with van der Waals surface area (Å²) >= 11 is 3.59. The number of nitrogens with zero attached hydrogens (tertiary/aromatic N) is 1. The Morgan fingerprint density at radius 1 is 1.33 bits per heavy atom. The van der Waals surface area contributed by atoms with Crippen LogP contribution in [0.3, 0.4) is 0 Å². The minimum Gasteiger partial charge on any atom is -0.257 e. The van der Waals surface area contributed by atoms with Crippen molar-refractivity contribution in [2.75, 3.05) is 0 Å². The highest BCUT2D eigenvalue weighted by atomic mass is 79.9. The monoisotopic (exact) mass is 383 g/mol. The van der Waals surface area contributed by atoms with E-state index in [1.807, 2.05) is 19.2 Å². The smallest absolute Gasteiger partial charge is 0.0664 e. The van der Waals surface area contributed by atoms with Crippen LogP contribution in [0.2, 0.25) is 0 Å². The maximum absolute atomic E-state index is 4.51. The van der Waals surface area contributed by atoms with Gasteiger partial charge in [0, 0.05) is 10.7 Å². The molecule has 24 heavy (non-hydrogen) atoms. The van der Waals surface area contributed by atoms with Gasteiger partial charge in [-0.25, -0.2) is 0 Å². The molecule has 0 amide bonds. The molecule has 0 N–H and O–H groups in total. The maximum atomic E-state index is 4.51. The second kappa shape index (κ2) is 8.98. The van der Waals surface area contributed by atoms with Gasteiger partial charge >= 0.3 is 0 Å². The standard InChI is InChI=1S/C22H26BrN/c1-5-18(19-8-6-9-20(23)15-19)14-17(4)21(12-11-16(2)3)22-10-7-13-24-22/h6-13,15,17-18H,2,5,14H2,1,3-4H3/b12-11-,22-21-. The SMILES string of the molecule is C=C(C)/C=C\C(=C1/C=CC=N1)C(C)CC(CC)c1cccc(Br)c1. The summed E-state index contributed by atoms with van der Waals surface area (Å²) in [5, 5.41) is 0. The molecule has 0 saturated carbocycles. The van der Waals surface area contributed by atoms with Gasteiger partial charge in [-0.15, -0.1) is 0 Å². The fraction of sp³-hybridized carbons (Fsp3) is 0.318. The molecule has 126 valence electrons. The lowest BCUT2D eigenvalue weighted by atomic mass is 9.83. The van der Waals surface area contributed by atoms with E-state index in [-0.39, 0.29) is 0 Å². The van der Waals surface area contributed by atoms with Gasteiger partial charge in [-0.1, -0.05) is 66.2 Å². The zero-order valence-corrected chi connectivity index (χ0v) is 16.4. The third kappa shape index (κ3) is 5.17. The van der Waals surface area contributed by atoms with E-state index in [0.717, 1.165) is 28.6 Å². The van der Waals surface area contributed by atoms with E-state index >= 15 is 0 Å². The van der Waals surface area contributed by atoms with Gasteiger partial charge in [-0.3, -0.25) is 4.99 Å². The van der Waals surface area contributed by atoms with Crippen LogP contribution < -0.4 is 0 Å². The summed E-state index contributed by atoms with van der Waals surface area (Å²) in [7, 11) is 0. The van der Waals surface area contributed by atoms with E-state index in [0.29, 0.717) is 11.8 Å². The van der Waals surface area contributed by atoms with Crippen molar-refractivity contribution < 1.29 is 0 Å². The number of benzene rings is 1. The van der Waals surface area contributed by atoms with Gasteiger partial charge in [0.25, 0.3) is 0 Å². The van der Waals surface area contributed by atoms with Crippen LogP contribution in [0.5, 0.6) is 0 Å². The van der Waals surface area contributed by atoms with Crippen LogP contribution in [0, 0.1) is 5.92 Å². The average Bonchev–Trinajstić information content (AvgIpc) is 3.06. The van der Waals surface area contributed by atoms with Gasteiger partial charge in [0.05, 0.1) is 5.70 Å². The molecule has 0 bridgehead atoms. The Morgan fingerprint density at radius 3 is 2.71 bits per heavy atom. The first-order valence-corrected chi connectivity index (χ1v) is 9.34. The molecule has 1 nitrogen and oxygen atoms in total. The third-order valence-corrected chi connectivity index (χ3v) is 4.87. The third-order valence-electron chi connectivity index (χ3n) is 4.38. The number of aliphatic imine (C=N–C) groups is 1. The van der Waals surface area contributed by atoms with Gasteiger partial charge in [0.2, 0.25) is 0 Å². The lowest BCUT2D eigenvalue weighted by Gasteiger charge is -2.22. The van der Waals surface area contributed by atoms with Crippen LogP contribution in [-0.4, -0.2) is 6.21 Å². The van der Waals surface area contributed by atoms with E-state index in [2.05, 4.69) is 83.8 Å². The molecule has 2 heteroatoms. The quantitative estimate of drug-likeness (QED) is 0.449. The fourth-order valence-corrected chi connectivity index (χ4v) is 3.48. The zero-order chi connectivity index (χ0) is 17.5. The summed E-state index contributed by atoms with van der Waals surface area (Å²) in [4.78, 5) is 4.51. The lowest BCUT2D eigenvalue weighted by Crippen LogP contribution is -2.07. The first-order chi connectivity index (χ1) is 11.5. The number of allylic oxidation sites excluding steroid dienone is 6. The Bertz CT molecular complexity index is 692. The average molecular weight is 384 g/mol. The van der Waals surface area contributed by atoms with Crippen molar-refractivity contribution in [3.05, 3.63) is 82.0 Å². The molecule has 1 aliphatic heterocycles. The van der Waals surface area contributed by atoms with E-state index < -0.39 is 0 Å². The maximum Gasteiger partial charge on any atom is 0.0664 e. The zero-order valence-electron chi connectivity index (χ0n) is 14.8. The van der Waals surface area contributed by atoms with Gasteiger partial charge in [-0.05, 0) is 67.0 Å². The van der Waals surface area contributed by atoms with E-state index in [1.54, 1.807) is 0 Å². The highest BCUT2D eigenvalue weighted by Gasteiger charge is 2.18. The van der Waals surface area contributed by atoms with Crippen molar-refractivity contribution in [3.8, 4) is 0 Å². The van der Waals surface area contributed by atoms with Gasteiger partial charge in [-0.2, -0.15) is 0 Å². The number of hydrogen-bond acceptors (Lipinski definition) is 1. The fourth-order valence-electron chi connectivity index (χ4n) is 3.06. The highest BCUT2D eigenvalue weighted by molar-refractivity contribution is 9.10. The Hall–Kier alpha value is -1.67. The molecule has 0 aromatic heterocycles. The molecular formula is C22H26BrN. The van der Waals surface area contributed by atoms with Crippen LogP contribution in [0.1, 0.15) is 45.1 Å². The van der Waals surface area contributed by atoms with Crippen molar-refractivity contribution in [1.29, 1.82) is 0 Å². The highest BCUT2D eigenvalue weighted by Crippen LogP contribution is 2.33. The van der Waals surface area contributed by atoms with Crippen LogP contribution in [0.4, 0.5) is 0 Å². The first kappa shape index (κ1) is 18.7. The Balaban J connectivity index is 2.24. The molecule has 0 spiro atoms. The predicted molar refractivity (Wildman–Crippen MR) is 110 cm³/mol. The van der Waals surface area contributed by atoms with Crippen molar-refractivity contribution >= 4 is 22.1 Å². The molecule has 1 aromatic carbocycles. The van der Waals surface area contributed by atoms with Crippen molar-refractivity contribution in [2.45, 2.75) is 39.5 Å². The summed E-state index contributed by atoms with van der Waals surface area (Å²) in [6.07, 6.45) is 12.5. The van der Waals surface area contributed by atoms with Gasteiger partial charge < -0.3 is 0 Å². The summed E-state index contributed by atoms with van der Waals surface area (Å²) in [5.74, 6) is 0.972. The van der Waals surface area contributed by atoms with Crippen LogP contribution >= 0.6 is 15.9 Å². The van der Waals surface area contributed by atoms with Gasteiger partial charge in [0.1, 0.15) is 0 Å². The summed E-state index contributed by atoms with van der Waals surface area (Å²) < 4.78 is 1.15. The number of hydrogen-bond donors (Lipinski definition) is 0. The van der Waals surface area contributed by atoms with Gasteiger partial charge in [0.15, 0.2) is 0 Å². The Labute approximate surface area is 154 Å². The van der Waals surface area contributed by atoms with Crippen molar-refractivity contribution in [2.24, 2.45) is 10.9 Å².